The van der Waals surface area contributed by atoms with Crippen LogP contribution in [0.3, 0.4) is 0 Å². The van der Waals surface area contributed by atoms with E-state index in [1.807, 2.05) is 0 Å². The molecule has 1 heteroatoms. The Bertz CT molecular complexity index is 577. The Labute approximate surface area is 128 Å². The standard InChI is InChI=1S/C20H25N/c1-4-20(2)18(16-13-9-6-10-14-16)17(19(20)21-3)15-11-7-5-8-12-15/h5-14,17-19,21H,4H2,1-3H3. The molecular weight excluding hydrogens is 254 g/mol. The van der Waals surface area contributed by atoms with Crippen LogP contribution in [-0.4, -0.2) is 13.1 Å². The maximum absolute atomic E-state index is 3.59. The molecule has 0 amide bonds. The third kappa shape index (κ3) is 2.20. The fraction of sp³-hybridized carbons (Fsp3) is 0.400. The SMILES string of the molecule is CCC1(C)C(NC)C(c2ccccc2)C1c1ccccc1. The minimum Gasteiger partial charge on any atom is -0.316 e. The molecule has 21 heavy (non-hydrogen) atoms. The molecule has 4 atom stereocenters. The van der Waals surface area contributed by atoms with Gasteiger partial charge in [-0.1, -0.05) is 74.5 Å². The molecule has 1 fully saturated rings. The third-order valence-electron chi connectivity index (χ3n) is 5.56. The Morgan fingerprint density at radius 2 is 1.43 bits per heavy atom. The van der Waals surface area contributed by atoms with E-state index in [9.17, 15) is 0 Å². The van der Waals surface area contributed by atoms with Crippen LogP contribution in [0.15, 0.2) is 60.7 Å². The molecule has 0 saturated heterocycles. The predicted octanol–water partition coefficient (Wildman–Crippen LogP) is 4.57. The first kappa shape index (κ1) is 14.3. The molecule has 0 bridgehead atoms. The summed E-state index contributed by atoms with van der Waals surface area (Å²) < 4.78 is 0. The van der Waals surface area contributed by atoms with Crippen LogP contribution in [-0.2, 0) is 0 Å². The van der Waals surface area contributed by atoms with E-state index in [-0.39, 0.29) is 0 Å². The highest BCUT2D eigenvalue weighted by Crippen LogP contribution is 2.62. The lowest BCUT2D eigenvalue weighted by Crippen LogP contribution is -2.61. The molecule has 4 unspecified atom stereocenters. The number of likely N-dealkylation sites (N-methyl/N-ethyl adjacent to an activating group) is 1. The van der Waals surface area contributed by atoms with Gasteiger partial charge in [-0.3, -0.25) is 0 Å². The van der Waals surface area contributed by atoms with Crippen LogP contribution in [0, 0.1) is 5.41 Å². The molecule has 2 aromatic rings. The smallest absolute Gasteiger partial charge is 0.0199 e. The summed E-state index contributed by atoms with van der Waals surface area (Å²) in [5, 5.41) is 3.59. The lowest BCUT2D eigenvalue weighted by atomic mass is 9.46. The Kier molecular flexibility index (Phi) is 3.86. The van der Waals surface area contributed by atoms with Gasteiger partial charge in [0.1, 0.15) is 0 Å². The van der Waals surface area contributed by atoms with E-state index in [2.05, 4.69) is 86.9 Å². The van der Waals surface area contributed by atoms with Crippen LogP contribution < -0.4 is 5.32 Å². The maximum atomic E-state index is 3.59. The highest BCUT2D eigenvalue weighted by atomic mass is 15.0. The summed E-state index contributed by atoms with van der Waals surface area (Å²) in [6.45, 7) is 4.76. The fourth-order valence-electron chi connectivity index (χ4n) is 4.35. The van der Waals surface area contributed by atoms with Crippen LogP contribution >= 0.6 is 0 Å². The third-order valence-corrected chi connectivity index (χ3v) is 5.56. The van der Waals surface area contributed by atoms with Crippen molar-refractivity contribution in [2.45, 2.75) is 38.1 Å². The molecule has 2 aromatic carbocycles. The first-order valence-corrected chi connectivity index (χ1v) is 7.99. The van der Waals surface area contributed by atoms with Gasteiger partial charge in [-0.15, -0.1) is 0 Å². The van der Waals surface area contributed by atoms with Gasteiger partial charge in [0.05, 0.1) is 0 Å². The zero-order valence-electron chi connectivity index (χ0n) is 13.2. The van der Waals surface area contributed by atoms with Gasteiger partial charge in [-0.2, -0.15) is 0 Å². The Balaban J connectivity index is 2.04. The van der Waals surface area contributed by atoms with Crippen molar-refractivity contribution in [2.75, 3.05) is 7.05 Å². The molecule has 1 aliphatic rings. The Morgan fingerprint density at radius 1 is 0.905 bits per heavy atom. The minimum atomic E-state index is 0.316. The number of nitrogens with one attached hydrogen (secondary N) is 1. The average Bonchev–Trinajstić information content (AvgIpc) is 2.54. The van der Waals surface area contributed by atoms with E-state index in [0.29, 0.717) is 23.3 Å². The van der Waals surface area contributed by atoms with Crippen LogP contribution in [0.5, 0.6) is 0 Å². The molecule has 110 valence electrons. The second-order valence-corrected chi connectivity index (χ2v) is 6.45. The van der Waals surface area contributed by atoms with E-state index in [1.165, 1.54) is 17.5 Å². The number of hydrogen-bond acceptors (Lipinski definition) is 1. The topological polar surface area (TPSA) is 12.0 Å². The van der Waals surface area contributed by atoms with Crippen molar-refractivity contribution in [2.24, 2.45) is 5.41 Å². The molecule has 0 heterocycles. The van der Waals surface area contributed by atoms with Gasteiger partial charge in [-0.25, -0.2) is 0 Å². The normalized spacial score (nSPS) is 31.7. The number of rotatable bonds is 4. The minimum absolute atomic E-state index is 0.316. The van der Waals surface area contributed by atoms with Crippen molar-refractivity contribution in [1.82, 2.24) is 5.32 Å². The molecule has 1 saturated carbocycles. The molecule has 1 N–H and O–H groups in total. The highest BCUT2D eigenvalue weighted by Gasteiger charge is 2.57. The molecule has 0 radical (unpaired) electrons. The summed E-state index contributed by atoms with van der Waals surface area (Å²) >= 11 is 0. The van der Waals surface area contributed by atoms with Crippen LogP contribution in [0.4, 0.5) is 0 Å². The molecule has 1 aliphatic carbocycles. The van der Waals surface area contributed by atoms with Gasteiger partial charge < -0.3 is 5.32 Å². The van der Waals surface area contributed by atoms with Crippen molar-refractivity contribution in [3.8, 4) is 0 Å². The lowest BCUT2D eigenvalue weighted by Gasteiger charge is -2.60. The summed E-state index contributed by atoms with van der Waals surface area (Å²) in [6.07, 6.45) is 1.20. The monoisotopic (exact) mass is 279 g/mol. The molecular formula is C20H25N. The van der Waals surface area contributed by atoms with Crippen LogP contribution in [0.2, 0.25) is 0 Å². The fourth-order valence-corrected chi connectivity index (χ4v) is 4.35. The van der Waals surface area contributed by atoms with Gasteiger partial charge >= 0.3 is 0 Å². The van der Waals surface area contributed by atoms with Gasteiger partial charge in [0.15, 0.2) is 0 Å². The number of hydrogen-bond donors (Lipinski definition) is 1. The van der Waals surface area contributed by atoms with Gasteiger partial charge in [0.2, 0.25) is 0 Å². The van der Waals surface area contributed by atoms with E-state index in [1.54, 1.807) is 0 Å². The Hall–Kier alpha value is -1.60. The summed E-state index contributed by atoms with van der Waals surface area (Å²) in [7, 11) is 2.11. The van der Waals surface area contributed by atoms with Crippen molar-refractivity contribution in [3.63, 3.8) is 0 Å². The average molecular weight is 279 g/mol. The van der Waals surface area contributed by atoms with Crippen molar-refractivity contribution >= 4 is 0 Å². The van der Waals surface area contributed by atoms with E-state index in [4.69, 9.17) is 0 Å². The summed E-state index contributed by atoms with van der Waals surface area (Å²) in [5.41, 5.74) is 3.25. The van der Waals surface area contributed by atoms with Gasteiger partial charge in [-0.05, 0) is 35.9 Å². The van der Waals surface area contributed by atoms with E-state index < -0.39 is 0 Å². The Morgan fingerprint density at radius 3 is 1.90 bits per heavy atom. The summed E-state index contributed by atoms with van der Waals surface area (Å²) in [4.78, 5) is 0. The van der Waals surface area contributed by atoms with Crippen molar-refractivity contribution in [3.05, 3.63) is 71.8 Å². The molecule has 0 aliphatic heterocycles. The maximum Gasteiger partial charge on any atom is 0.0199 e. The first-order valence-electron chi connectivity index (χ1n) is 7.99. The molecule has 0 aromatic heterocycles. The largest absolute Gasteiger partial charge is 0.316 e. The molecule has 1 nitrogen and oxygen atoms in total. The zero-order valence-corrected chi connectivity index (χ0v) is 13.2. The lowest BCUT2D eigenvalue weighted by molar-refractivity contribution is 0.0182. The van der Waals surface area contributed by atoms with Crippen molar-refractivity contribution < 1.29 is 0 Å². The molecule has 3 rings (SSSR count). The zero-order chi connectivity index (χ0) is 14.9. The summed E-state index contributed by atoms with van der Waals surface area (Å²) in [5.74, 6) is 1.15. The van der Waals surface area contributed by atoms with Gasteiger partial charge in [0, 0.05) is 12.0 Å². The van der Waals surface area contributed by atoms with Crippen LogP contribution in [0.1, 0.15) is 43.2 Å². The quantitative estimate of drug-likeness (QED) is 0.864. The van der Waals surface area contributed by atoms with E-state index >= 15 is 0 Å². The van der Waals surface area contributed by atoms with Gasteiger partial charge in [0.25, 0.3) is 0 Å². The predicted molar refractivity (Wildman–Crippen MR) is 89.6 cm³/mol. The first-order chi connectivity index (χ1) is 10.2. The second kappa shape index (κ2) is 5.65. The van der Waals surface area contributed by atoms with E-state index in [0.717, 1.165) is 0 Å². The second-order valence-electron chi connectivity index (χ2n) is 6.45. The summed E-state index contributed by atoms with van der Waals surface area (Å²) in [6, 6.07) is 22.5. The van der Waals surface area contributed by atoms with Crippen LogP contribution in [0.25, 0.3) is 0 Å². The van der Waals surface area contributed by atoms with Crippen molar-refractivity contribution in [1.29, 1.82) is 0 Å². The highest BCUT2D eigenvalue weighted by molar-refractivity contribution is 5.39. The molecule has 0 spiro atoms. The number of benzene rings is 2.